The highest BCUT2D eigenvalue weighted by Crippen LogP contribution is 2.54. The molecule has 0 amide bonds. The fourth-order valence-electron chi connectivity index (χ4n) is 4.48. The Kier molecular flexibility index (Phi) is 14.2. The van der Waals surface area contributed by atoms with Crippen LogP contribution in [0.1, 0.15) is 66.7 Å². The SMILES string of the molecule is CC(C)OC(=O)[C@H](C)N[P+](O)(OCCSC(=O)C(C)(C)C)OC[C@@H]1C[C@H](C)[C@H](n2ccc(=O)n(COCc3ccccc3)c2=O)O1. The molecule has 1 saturated heterocycles. The van der Waals surface area contributed by atoms with Crippen LogP contribution in [0.5, 0.6) is 0 Å². The van der Waals surface area contributed by atoms with Gasteiger partial charge in [0.25, 0.3) is 5.56 Å². The molecule has 256 valence electrons. The van der Waals surface area contributed by atoms with Crippen LogP contribution in [0.4, 0.5) is 0 Å². The number of thioether (sulfide) groups is 1. The van der Waals surface area contributed by atoms with Crippen LogP contribution in [0.2, 0.25) is 0 Å². The molecule has 0 aliphatic carbocycles. The van der Waals surface area contributed by atoms with Crippen LogP contribution < -0.4 is 16.3 Å². The number of hydrogen-bond acceptors (Lipinski definition) is 12. The number of ether oxygens (including phenoxy) is 3. The van der Waals surface area contributed by atoms with E-state index in [1.807, 2.05) is 58.0 Å². The standard InChI is InChI=1S/C31H47N3O10PS/c1-21(2)43-28(36)23(4)32-45(39,41-15-16-46-29(37)31(5,6)7)42-19-25-17-22(3)27(44-25)33-14-13-26(35)34(30(33)38)20-40-18-24-11-9-8-10-12-24/h8-14,21-23,25,27,32,39H,15-20H2,1-7H3/q+1/t22-,23-,25-,27+,45?/m0/s1. The molecule has 5 atom stereocenters. The maximum atomic E-state index is 13.3. The molecule has 2 N–H and O–H groups in total. The number of esters is 1. The van der Waals surface area contributed by atoms with E-state index in [0.717, 1.165) is 21.9 Å². The molecule has 0 saturated carbocycles. The van der Waals surface area contributed by atoms with Crippen LogP contribution in [0, 0.1) is 11.3 Å². The molecule has 2 heterocycles. The molecule has 1 unspecified atom stereocenters. The number of nitrogens with one attached hydrogen (secondary N) is 1. The highest BCUT2D eigenvalue weighted by molar-refractivity contribution is 8.13. The molecule has 2 aromatic rings. The average molecular weight is 685 g/mol. The summed E-state index contributed by atoms with van der Waals surface area (Å²) in [5.41, 5.74) is -0.692. The molecule has 0 bridgehead atoms. The number of aromatic nitrogens is 2. The van der Waals surface area contributed by atoms with E-state index < -0.39 is 49.1 Å². The second-order valence-electron chi connectivity index (χ2n) is 12.5. The van der Waals surface area contributed by atoms with Gasteiger partial charge in [-0.2, -0.15) is 13.9 Å². The minimum absolute atomic E-state index is 0.0237. The van der Waals surface area contributed by atoms with Gasteiger partial charge in [0.05, 0.1) is 18.8 Å². The minimum Gasteiger partial charge on any atom is -0.462 e. The van der Waals surface area contributed by atoms with E-state index in [-0.39, 0.29) is 49.4 Å². The van der Waals surface area contributed by atoms with E-state index in [0.29, 0.717) is 6.42 Å². The molecule has 1 aromatic carbocycles. The number of carbonyl (C=O) groups excluding carboxylic acids is 2. The van der Waals surface area contributed by atoms with Gasteiger partial charge >= 0.3 is 19.8 Å². The Balaban J connectivity index is 1.66. The number of carbonyl (C=O) groups is 2. The fraction of sp³-hybridized carbons (Fsp3) is 0.613. The smallest absolute Gasteiger partial charge is 0.462 e. The Labute approximate surface area is 274 Å². The van der Waals surface area contributed by atoms with E-state index in [2.05, 4.69) is 5.09 Å². The molecule has 3 rings (SSSR count). The molecule has 1 aliphatic heterocycles. The van der Waals surface area contributed by atoms with Crippen LogP contribution in [0.3, 0.4) is 0 Å². The second kappa shape index (κ2) is 17.1. The molecule has 15 heteroatoms. The Morgan fingerprint density at radius 1 is 1.13 bits per heavy atom. The zero-order chi connectivity index (χ0) is 34.1. The molecular formula is C31H47N3O10PS+. The Morgan fingerprint density at radius 3 is 2.48 bits per heavy atom. The zero-order valence-electron chi connectivity index (χ0n) is 27.5. The van der Waals surface area contributed by atoms with Gasteiger partial charge in [-0.25, -0.2) is 9.36 Å². The van der Waals surface area contributed by atoms with Crippen molar-refractivity contribution in [1.82, 2.24) is 14.2 Å². The van der Waals surface area contributed by atoms with E-state index in [4.69, 9.17) is 23.3 Å². The summed E-state index contributed by atoms with van der Waals surface area (Å²) in [7, 11) is -3.84. The summed E-state index contributed by atoms with van der Waals surface area (Å²) in [5.74, 6) is -0.477. The van der Waals surface area contributed by atoms with Crippen molar-refractivity contribution in [2.45, 2.75) is 92.7 Å². The molecule has 1 fully saturated rings. The van der Waals surface area contributed by atoms with Crippen molar-refractivity contribution in [1.29, 1.82) is 0 Å². The van der Waals surface area contributed by atoms with Gasteiger partial charge in [-0.3, -0.25) is 19.0 Å². The van der Waals surface area contributed by atoms with Gasteiger partial charge in [-0.15, -0.1) is 5.09 Å². The summed E-state index contributed by atoms with van der Waals surface area (Å²) in [6.45, 7) is 12.2. The summed E-state index contributed by atoms with van der Waals surface area (Å²) in [6, 6.07) is 9.74. The molecule has 1 aromatic heterocycles. The molecular weight excluding hydrogens is 637 g/mol. The first-order chi connectivity index (χ1) is 21.6. The number of benzene rings is 1. The zero-order valence-corrected chi connectivity index (χ0v) is 29.3. The monoisotopic (exact) mass is 684 g/mol. The van der Waals surface area contributed by atoms with E-state index >= 15 is 0 Å². The second-order valence-corrected chi connectivity index (χ2v) is 15.4. The van der Waals surface area contributed by atoms with E-state index in [9.17, 15) is 24.1 Å². The van der Waals surface area contributed by atoms with Crippen LogP contribution >= 0.6 is 19.9 Å². The van der Waals surface area contributed by atoms with Gasteiger partial charge in [0.15, 0.2) is 5.12 Å². The lowest BCUT2D eigenvalue weighted by atomic mass is 10.00. The number of hydrogen-bond donors (Lipinski definition) is 2. The van der Waals surface area contributed by atoms with Crippen LogP contribution in [-0.4, -0.2) is 62.3 Å². The van der Waals surface area contributed by atoms with Gasteiger partial charge in [0.1, 0.15) is 32.2 Å². The third-order valence-electron chi connectivity index (χ3n) is 6.85. The lowest BCUT2D eigenvalue weighted by molar-refractivity contribution is -0.149. The van der Waals surface area contributed by atoms with E-state index in [1.165, 1.54) is 23.8 Å². The lowest BCUT2D eigenvalue weighted by Gasteiger charge is -2.22. The first kappa shape index (κ1) is 38.0. The van der Waals surface area contributed by atoms with E-state index in [1.54, 1.807) is 13.8 Å². The molecule has 0 spiro atoms. The van der Waals surface area contributed by atoms with Gasteiger partial charge < -0.3 is 14.2 Å². The van der Waals surface area contributed by atoms with Crippen molar-refractivity contribution in [3.8, 4) is 0 Å². The average Bonchev–Trinajstić information content (AvgIpc) is 3.35. The molecule has 46 heavy (non-hydrogen) atoms. The van der Waals surface area contributed by atoms with Crippen molar-refractivity contribution in [3.05, 3.63) is 69.0 Å². The Hall–Kier alpha value is -2.42. The van der Waals surface area contributed by atoms with Crippen molar-refractivity contribution in [2.24, 2.45) is 11.3 Å². The number of nitrogens with zero attached hydrogens (tertiary/aromatic N) is 2. The highest BCUT2D eigenvalue weighted by atomic mass is 32.2. The normalized spacial score (nSPS) is 20.4. The first-order valence-corrected chi connectivity index (χ1v) is 17.8. The predicted molar refractivity (Wildman–Crippen MR) is 176 cm³/mol. The topological polar surface area (TPSA) is 157 Å². The quantitative estimate of drug-likeness (QED) is 0.149. The summed E-state index contributed by atoms with van der Waals surface area (Å²) < 4.78 is 31.0. The predicted octanol–water partition coefficient (Wildman–Crippen LogP) is 4.05. The largest absolute Gasteiger partial charge is 0.499 e. The fourth-order valence-corrected chi connectivity index (χ4v) is 6.91. The Morgan fingerprint density at radius 2 is 1.83 bits per heavy atom. The molecule has 13 nitrogen and oxygen atoms in total. The van der Waals surface area contributed by atoms with Crippen LogP contribution in [-0.2, 0) is 46.2 Å². The van der Waals surface area contributed by atoms with Gasteiger partial charge in [0, 0.05) is 29.3 Å². The van der Waals surface area contributed by atoms with Crippen LogP contribution in [0.15, 0.2) is 52.2 Å². The molecule has 1 aliphatic rings. The van der Waals surface area contributed by atoms with Crippen molar-refractivity contribution < 1.29 is 37.7 Å². The van der Waals surface area contributed by atoms with Gasteiger partial charge in [0.2, 0.25) is 0 Å². The maximum Gasteiger partial charge on any atom is 0.499 e. The van der Waals surface area contributed by atoms with Gasteiger partial charge in [-0.05, 0) is 32.8 Å². The number of rotatable bonds is 16. The first-order valence-electron chi connectivity index (χ1n) is 15.2. The van der Waals surface area contributed by atoms with Crippen molar-refractivity contribution >= 4 is 30.9 Å². The minimum atomic E-state index is -3.84. The van der Waals surface area contributed by atoms with Crippen molar-refractivity contribution in [3.63, 3.8) is 0 Å². The van der Waals surface area contributed by atoms with Crippen molar-refractivity contribution in [2.75, 3.05) is 19.0 Å². The summed E-state index contributed by atoms with van der Waals surface area (Å²) in [4.78, 5) is 61.9. The summed E-state index contributed by atoms with van der Waals surface area (Å²) in [6.07, 6.45) is 0.260. The lowest BCUT2D eigenvalue weighted by Crippen LogP contribution is -2.41. The third-order valence-corrected chi connectivity index (χ3v) is 9.84. The summed E-state index contributed by atoms with van der Waals surface area (Å²) in [5, 5.41) is 2.72. The third kappa shape index (κ3) is 11.4. The van der Waals surface area contributed by atoms with Crippen LogP contribution in [0.25, 0.3) is 0 Å². The molecule has 0 radical (unpaired) electrons. The summed E-state index contributed by atoms with van der Waals surface area (Å²) >= 11 is 1.08. The highest BCUT2D eigenvalue weighted by Gasteiger charge is 2.47. The Bertz CT molecular complexity index is 1410. The van der Waals surface area contributed by atoms with Gasteiger partial charge in [-0.1, -0.05) is 69.8 Å². The maximum absolute atomic E-state index is 13.3.